The molecule has 5 heteroatoms. The van der Waals surface area contributed by atoms with Crippen LogP contribution in [-0.4, -0.2) is 10.3 Å². The average molecular weight is 233 g/mol. The molecule has 0 radical (unpaired) electrons. The summed E-state index contributed by atoms with van der Waals surface area (Å²) in [6, 6.07) is 5.49. The smallest absolute Gasteiger partial charge is 0.167 e. The third-order valence-electron chi connectivity index (χ3n) is 2.63. The molecular weight excluding hydrogens is 218 g/mol. The molecule has 1 atom stereocenters. The molecule has 0 aromatic carbocycles. The molecule has 90 valence electrons. The molecule has 0 fully saturated rings. The fourth-order valence-corrected chi connectivity index (χ4v) is 1.58. The first-order valence-electron chi connectivity index (χ1n) is 5.42. The van der Waals surface area contributed by atoms with Gasteiger partial charge < -0.3 is 9.63 Å². The molecule has 1 heterocycles. The Kier molecular flexibility index (Phi) is 3.88. The van der Waals surface area contributed by atoms with Crippen molar-refractivity contribution in [3.05, 3.63) is 17.5 Å². The first-order chi connectivity index (χ1) is 7.93. The van der Waals surface area contributed by atoms with Crippen molar-refractivity contribution in [2.75, 3.05) is 0 Å². The van der Waals surface area contributed by atoms with Crippen LogP contribution in [-0.2, 0) is 5.60 Å². The largest absolute Gasteiger partial charge is 0.382 e. The molecule has 1 unspecified atom stereocenters. The number of hydrogen-bond donors (Lipinski definition) is 1. The molecule has 1 rings (SSSR count). The highest BCUT2D eigenvalue weighted by Crippen LogP contribution is 2.29. The van der Waals surface area contributed by atoms with Gasteiger partial charge in [-0.2, -0.15) is 10.5 Å². The zero-order valence-corrected chi connectivity index (χ0v) is 10.1. The van der Waals surface area contributed by atoms with Crippen LogP contribution in [0.25, 0.3) is 0 Å². The second-order valence-corrected chi connectivity index (χ2v) is 4.43. The molecule has 0 aliphatic heterocycles. The Labute approximate surface area is 100 Å². The van der Waals surface area contributed by atoms with Gasteiger partial charge in [0, 0.05) is 12.0 Å². The van der Waals surface area contributed by atoms with Gasteiger partial charge in [0.25, 0.3) is 0 Å². The van der Waals surface area contributed by atoms with E-state index >= 15 is 0 Å². The van der Waals surface area contributed by atoms with E-state index in [2.05, 4.69) is 5.16 Å². The van der Waals surface area contributed by atoms with Crippen molar-refractivity contribution < 1.29 is 9.63 Å². The molecule has 0 bridgehead atoms. The molecule has 0 saturated heterocycles. The quantitative estimate of drug-likeness (QED) is 0.858. The predicted octanol–water partition coefficient (Wildman–Crippen LogP) is 2.06. The van der Waals surface area contributed by atoms with Gasteiger partial charge in [-0.3, -0.25) is 0 Å². The minimum Gasteiger partial charge on any atom is -0.382 e. The van der Waals surface area contributed by atoms with Crippen LogP contribution in [0, 0.1) is 28.6 Å². The molecule has 0 aliphatic rings. The van der Waals surface area contributed by atoms with Gasteiger partial charge in [-0.15, -0.1) is 0 Å². The van der Waals surface area contributed by atoms with Crippen LogP contribution in [0.2, 0.25) is 0 Å². The highest BCUT2D eigenvalue weighted by atomic mass is 16.5. The van der Waals surface area contributed by atoms with E-state index in [-0.39, 0.29) is 5.92 Å². The minimum atomic E-state index is -1.11. The van der Waals surface area contributed by atoms with Crippen LogP contribution in [0.3, 0.4) is 0 Å². The van der Waals surface area contributed by atoms with Gasteiger partial charge in [0.05, 0.1) is 17.8 Å². The number of nitrogens with zero attached hydrogens (tertiary/aromatic N) is 3. The molecule has 1 aromatic heterocycles. The molecular formula is C12H15N3O2. The van der Waals surface area contributed by atoms with Crippen molar-refractivity contribution in [1.29, 1.82) is 10.5 Å². The Hall–Kier alpha value is -1.85. The van der Waals surface area contributed by atoms with Crippen molar-refractivity contribution in [3.8, 4) is 12.1 Å². The van der Waals surface area contributed by atoms with E-state index in [1.165, 1.54) is 0 Å². The number of rotatable bonds is 4. The Morgan fingerprint density at radius 3 is 2.41 bits per heavy atom. The Bertz CT molecular complexity index is 445. The summed E-state index contributed by atoms with van der Waals surface area (Å²) >= 11 is 0. The van der Waals surface area contributed by atoms with Gasteiger partial charge in [0.15, 0.2) is 5.76 Å². The summed E-state index contributed by atoms with van der Waals surface area (Å²) in [5.41, 5.74) is -0.573. The van der Waals surface area contributed by atoms with Crippen molar-refractivity contribution in [3.63, 3.8) is 0 Å². The summed E-state index contributed by atoms with van der Waals surface area (Å²) in [6.07, 6.45) is 0.615. The molecule has 0 spiro atoms. The molecule has 1 N–H and O–H groups in total. The minimum absolute atomic E-state index is 0.287. The highest BCUT2D eigenvalue weighted by molar-refractivity contribution is 5.20. The van der Waals surface area contributed by atoms with Crippen LogP contribution in [0.1, 0.15) is 44.6 Å². The summed E-state index contributed by atoms with van der Waals surface area (Å²) in [6.45, 7) is 5.05. The van der Waals surface area contributed by atoms with Crippen molar-refractivity contribution >= 4 is 0 Å². The van der Waals surface area contributed by atoms with Gasteiger partial charge >= 0.3 is 0 Å². The first kappa shape index (κ1) is 13.2. The van der Waals surface area contributed by atoms with Crippen LogP contribution < -0.4 is 0 Å². The summed E-state index contributed by atoms with van der Waals surface area (Å²) in [7, 11) is 0. The number of hydrogen-bond acceptors (Lipinski definition) is 5. The average Bonchev–Trinajstić information content (AvgIpc) is 2.74. The molecule has 5 nitrogen and oxygen atoms in total. The van der Waals surface area contributed by atoms with Gasteiger partial charge in [0.1, 0.15) is 11.5 Å². The van der Waals surface area contributed by atoms with E-state index in [0.29, 0.717) is 17.9 Å². The Morgan fingerprint density at radius 2 is 2.06 bits per heavy atom. The van der Waals surface area contributed by atoms with E-state index in [4.69, 9.17) is 15.0 Å². The molecule has 1 aromatic rings. The Balaban J connectivity index is 3.04. The summed E-state index contributed by atoms with van der Waals surface area (Å²) in [5, 5.41) is 31.3. The lowest BCUT2D eigenvalue weighted by Gasteiger charge is -2.12. The third kappa shape index (κ3) is 2.83. The summed E-state index contributed by atoms with van der Waals surface area (Å²) in [5.74, 6) is -0.704. The normalized spacial score (nSPS) is 13.1. The van der Waals surface area contributed by atoms with E-state index < -0.39 is 11.5 Å². The topological polar surface area (TPSA) is 93.8 Å². The molecule has 0 aliphatic carbocycles. The maximum atomic E-state index is 9.75. The fraction of sp³-hybridized carbons (Fsp3) is 0.583. The lowest BCUT2D eigenvalue weighted by Crippen LogP contribution is -2.14. The lowest BCUT2D eigenvalue weighted by atomic mass is 9.89. The monoisotopic (exact) mass is 233 g/mol. The standard InChI is InChI=1S/C12H15N3O2/c1-4-9(8(6-13)7-14)10-5-11(17-15-10)12(2,3)16/h5,8-9,16H,4H2,1-3H3. The van der Waals surface area contributed by atoms with Crippen LogP contribution in [0.4, 0.5) is 0 Å². The number of aliphatic hydroxyl groups is 1. The van der Waals surface area contributed by atoms with Gasteiger partial charge in [-0.25, -0.2) is 0 Å². The molecule has 0 amide bonds. The van der Waals surface area contributed by atoms with Gasteiger partial charge in [-0.05, 0) is 20.3 Å². The third-order valence-corrected chi connectivity index (χ3v) is 2.63. The maximum absolute atomic E-state index is 9.75. The van der Waals surface area contributed by atoms with Crippen molar-refractivity contribution in [1.82, 2.24) is 5.16 Å². The summed E-state index contributed by atoms with van der Waals surface area (Å²) in [4.78, 5) is 0. The van der Waals surface area contributed by atoms with Crippen molar-refractivity contribution in [2.45, 2.75) is 38.7 Å². The number of nitriles is 2. The highest BCUT2D eigenvalue weighted by Gasteiger charge is 2.28. The maximum Gasteiger partial charge on any atom is 0.167 e. The van der Waals surface area contributed by atoms with Crippen LogP contribution in [0.15, 0.2) is 10.6 Å². The van der Waals surface area contributed by atoms with E-state index in [9.17, 15) is 5.11 Å². The first-order valence-corrected chi connectivity index (χ1v) is 5.42. The van der Waals surface area contributed by atoms with E-state index in [0.717, 1.165) is 0 Å². The summed E-state index contributed by atoms with van der Waals surface area (Å²) < 4.78 is 5.03. The van der Waals surface area contributed by atoms with Crippen LogP contribution >= 0.6 is 0 Å². The second kappa shape index (κ2) is 4.99. The van der Waals surface area contributed by atoms with Gasteiger partial charge in [0.2, 0.25) is 0 Å². The zero-order chi connectivity index (χ0) is 13.1. The lowest BCUT2D eigenvalue weighted by molar-refractivity contribution is 0.0474. The fourth-order valence-electron chi connectivity index (χ4n) is 1.58. The SMILES string of the molecule is CCC(c1cc(C(C)(C)O)on1)C(C#N)C#N. The van der Waals surface area contributed by atoms with Gasteiger partial charge in [-0.1, -0.05) is 12.1 Å². The second-order valence-electron chi connectivity index (χ2n) is 4.43. The van der Waals surface area contributed by atoms with E-state index in [1.807, 2.05) is 19.1 Å². The molecule has 0 saturated carbocycles. The predicted molar refractivity (Wildman–Crippen MR) is 59.5 cm³/mol. The zero-order valence-electron chi connectivity index (χ0n) is 10.1. The Morgan fingerprint density at radius 1 is 1.47 bits per heavy atom. The number of aromatic nitrogens is 1. The van der Waals surface area contributed by atoms with Crippen molar-refractivity contribution in [2.24, 2.45) is 5.92 Å². The van der Waals surface area contributed by atoms with Crippen LogP contribution in [0.5, 0.6) is 0 Å². The van der Waals surface area contributed by atoms with E-state index in [1.54, 1.807) is 19.9 Å². The molecule has 17 heavy (non-hydrogen) atoms.